The van der Waals surface area contributed by atoms with Crippen LogP contribution in [0.1, 0.15) is 12.6 Å². The minimum absolute atomic E-state index is 0.0253. The van der Waals surface area contributed by atoms with Gasteiger partial charge in [-0.15, -0.1) is 0 Å². The minimum Gasteiger partial charge on any atom is -0.358 e. The monoisotopic (exact) mass is 241 g/mol. The van der Waals surface area contributed by atoms with Crippen molar-refractivity contribution >= 4 is 17.4 Å². The Balaban J connectivity index is 3.02. The maximum absolute atomic E-state index is 11.1. The Morgan fingerprint density at radius 2 is 2.24 bits per heavy atom. The predicted octanol–water partition coefficient (Wildman–Crippen LogP) is 0.278. The summed E-state index contributed by atoms with van der Waals surface area (Å²) in [7, 11) is 1.50. The molecule has 1 heterocycles. The lowest BCUT2D eigenvalue weighted by Crippen LogP contribution is -2.27. The van der Waals surface area contributed by atoms with Crippen LogP contribution in [-0.4, -0.2) is 34.2 Å². The molecule has 2 N–H and O–H groups in total. The molecular weight excluding hydrogens is 226 g/mol. The van der Waals surface area contributed by atoms with E-state index in [2.05, 4.69) is 15.7 Å². The third kappa shape index (κ3) is 2.71. The van der Waals surface area contributed by atoms with E-state index in [0.29, 0.717) is 12.2 Å². The third-order valence-corrected chi connectivity index (χ3v) is 2.27. The van der Waals surface area contributed by atoms with Crippen molar-refractivity contribution in [2.45, 2.75) is 20.4 Å². The van der Waals surface area contributed by atoms with Crippen LogP contribution < -0.4 is 10.6 Å². The quantitative estimate of drug-likeness (QED) is 0.569. The highest BCUT2D eigenvalue weighted by Gasteiger charge is 2.24. The first kappa shape index (κ1) is 12.9. The maximum Gasteiger partial charge on any atom is 0.333 e. The molecule has 0 bridgehead atoms. The van der Waals surface area contributed by atoms with Gasteiger partial charge in [0.05, 0.1) is 11.5 Å². The SMILES string of the molecule is CCn1nc(C)c([N+](=O)[O-])c1NCC(=O)NC. The number of amides is 1. The maximum atomic E-state index is 11.1. The molecule has 0 unspecified atom stereocenters. The van der Waals surface area contributed by atoms with Crippen LogP contribution in [0.2, 0.25) is 0 Å². The smallest absolute Gasteiger partial charge is 0.333 e. The van der Waals surface area contributed by atoms with E-state index in [9.17, 15) is 14.9 Å². The molecule has 8 nitrogen and oxygen atoms in total. The van der Waals surface area contributed by atoms with Gasteiger partial charge in [-0.3, -0.25) is 14.9 Å². The fraction of sp³-hybridized carbons (Fsp3) is 0.556. The van der Waals surface area contributed by atoms with Gasteiger partial charge in [0.2, 0.25) is 11.7 Å². The summed E-state index contributed by atoms with van der Waals surface area (Å²) in [6.07, 6.45) is 0. The van der Waals surface area contributed by atoms with Gasteiger partial charge in [0.1, 0.15) is 5.69 Å². The molecule has 0 fully saturated rings. The van der Waals surface area contributed by atoms with Crippen LogP contribution in [0.4, 0.5) is 11.5 Å². The molecule has 1 rings (SSSR count). The molecule has 0 aliphatic carbocycles. The summed E-state index contributed by atoms with van der Waals surface area (Å²) in [5.74, 6) is 0.0133. The Morgan fingerprint density at radius 3 is 2.71 bits per heavy atom. The Labute approximate surface area is 98.1 Å². The van der Waals surface area contributed by atoms with Crippen LogP contribution >= 0.6 is 0 Å². The van der Waals surface area contributed by atoms with E-state index in [1.165, 1.54) is 11.7 Å². The Kier molecular flexibility index (Phi) is 4.02. The standard InChI is InChI=1S/C9H15N5O3/c1-4-13-9(11-5-7(15)10-3)8(14(16)17)6(2)12-13/h11H,4-5H2,1-3H3,(H,10,15). The number of nitro groups is 1. The summed E-state index contributed by atoms with van der Waals surface area (Å²) in [4.78, 5) is 21.5. The van der Waals surface area contributed by atoms with E-state index in [0.717, 1.165) is 0 Å². The number of nitrogens with zero attached hydrogens (tertiary/aromatic N) is 3. The Hall–Kier alpha value is -2.12. The molecule has 8 heteroatoms. The number of rotatable bonds is 5. The molecule has 0 aliphatic rings. The molecule has 0 spiro atoms. The van der Waals surface area contributed by atoms with Crippen LogP contribution in [-0.2, 0) is 11.3 Å². The van der Waals surface area contributed by atoms with Crippen LogP contribution in [0.3, 0.4) is 0 Å². The largest absolute Gasteiger partial charge is 0.358 e. The average Bonchev–Trinajstić information content (AvgIpc) is 2.62. The zero-order chi connectivity index (χ0) is 13.0. The third-order valence-electron chi connectivity index (χ3n) is 2.27. The molecule has 1 aromatic heterocycles. The normalized spacial score (nSPS) is 10.1. The van der Waals surface area contributed by atoms with Gasteiger partial charge in [0.25, 0.3) is 0 Å². The molecule has 0 saturated carbocycles. The van der Waals surface area contributed by atoms with E-state index in [-0.39, 0.29) is 24.0 Å². The van der Waals surface area contributed by atoms with Crippen molar-refractivity contribution in [3.8, 4) is 0 Å². The number of carbonyl (C=O) groups is 1. The molecule has 1 aromatic rings. The zero-order valence-electron chi connectivity index (χ0n) is 9.98. The van der Waals surface area contributed by atoms with Gasteiger partial charge in [-0.2, -0.15) is 5.10 Å². The molecule has 0 atom stereocenters. The summed E-state index contributed by atoms with van der Waals surface area (Å²) in [6, 6.07) is 0. The van der Waals surface area contributed by atoms with Crippen LogP contribution in [0.25, 0.3) is 0 Å². The fourth-order valence-electron chi connectivity index (χ4n) is 1.45. The van der Waals surface area contributed by atoms with Crippen molar-refractivity contribution in [1.29, 1.82) is 0 Å². The highest BCUT2D eigenvalue weighted by Crippen LogP contribution is 2.27. The number of hydrogen-bond donors (Lipinski definition) is 2. The van der Waals surface area contributed by atoms with Crippen molar-refractivity contribution in [1.82, 2.24) is 15.1 Å². The summed E-state index contributed by atoms with van der Waals surface area (Å²) in [5.41, 5.74) is 0.243. The number of hydrogen-bond acceptors (Lipinski definition) is 5. The molecule has 94 valence electrons. The fourth-order valence-corrected chi connectivity index (χ4v) is 1.45. The van der Waals surface area contributed by atoms with Crippen molar-refractivity contribution in [3.05, 3.63) is 15.8 Å². The van der Waals surface area contributed by atoms with Gasteiger partial charge in [-0.05, 0) is 13.8 Å². The van der Waals surface area contributed by atoms with Crippen molar-refractivity contribution < 1.29 is 9.72 Å². The van der Waals surface area contributed by atoms with E-state index in [4.69, 9.17) is 0 Å². The van der Waals surface area contributed by atoms with E-state index in [1.54, 1.807) is 6.92 Å². The van der Waals surface area contributed by atoms with Crippen LogP contribution in [0.15, 0.2) is 0 Å². The lowest BCUT2D eigenvalue weighted by Gasteiger charge is -2.06. The second-order valence-corrected chi connectivity index (χ2v) is 3.38. The van der Waals surface area contributed by atoms with Crippen molar-refractivity contribution in [3.63, 3.8) is 0 Å². The number of aromatic nitrogens is 2. The molecular formula is C9H15N5O3. The number of likely N-dealkylation sites (N-methyl/N-ethyl adjacent to an activating group) is 1. The summed E-state index contributed by atoms with van der Waals surface area (Å²) >= 11 is 0. The van der Waals surface area contributed by atoms with Gasteiger partial charge < -0.3 is 10.6 Å². The van der Waals surface area contributed by atoms with Crippen LogP contribution in [0.5, 0.6) is 0 Å². The molecule has 1 amide bonds. The number of anilines is 1. The van der Waals surface area contributed by atoms with Gasteiger partial charge in [0.15, 0.2) is 0 Å². The van der Waals surface area contributed by atoms with Gasteiger partial charge in [-0.25, -0.2) is 4.68 Å². The number of aryl methyl sites for hydroxylation is 2. The minimum atomic E-state index is -0.499. The number of nitrogens with one attached hydrogen (secondary N) is 2. The van der Waals surface area contributed by atoms with Gasteiger partial charge in [0, 0.05) is 13.6 Å². The first-order chi connectivity index (χ1) is 8.01. The average molecular weight is 241 g/mol. The highest BCUT2D eigenvalue weighted by molar-refractivity contribution is 5.81. The summed E-state index contributed by atoms with van der Waals surface area (Å²) < 4.78 is 1.47. The van der Waals surface area contributed by atoms with E-state index >= 15 is 0 Å². The Morgan fingerprint density at radius 1 is 1.59 bits per heavy atom. The molecule has 0 aromatic carbocycles. The zero-order valence-corrected chi connectivity index (χ0v) is 9.98. The van der Waals surface area contributed by atoms with Crippen LogP contribution in [0, 0.1) is 17.0 Å². The second-order valence-electron chi connectivity index (χ2n) is 3.38. The molecule has 0 radical (unpaired) electrons. The predicted molar refractivity (Wildman–Crippen MR) is 61.8 cm³/mol. The number of carbonyl (C=O) groups excluding carboxylic acids is 1. The van der Waals surface area contributed by atoms with Crippen molar-refractivity contribution in [2.24, 2.45) is 0 Å². The lowest BCUT2D eigenvalue weighted by atomic mass is 10.4. The van der Waals surface area contributed by atoms with Crippen molar-refractivity contribution in [2.75, 3.05) is 18.9 Å². The van der Waals surface area contributed by atoms with E-state index in [1.807, 2.05) is 6.92 Å². The van der Waals surface area contributed by atoms with Gasteiger partial charge >= 0.3 is 5.69 Å². The summed E-state index contributed by atoms with van der Waals surface area (Å²) in [6.45, 7) is 3.85. The van der Waals surface area contributed by atoms with Gasteiger partial charge in [-0.1, -0.05) is 0 Å². The first-order valence-electron chi connectivity index (χ1n) is 5.17. The Bertz CT molecular complexity index is 440. The lowest BCUT2D eigenvalue weighted by molar-refractivity contribution is -0.384. The molecule has 17 heavy (non-hydrogen) atoms. The van der Waals surface area contributed by atoms with E-state index < -0.39 is 4.92 Å². The summed E-state index contributed by atoms with van der Waals surface area (Å²) in [5, 5.41) is 20.1. The topological polar surface area (TPSA) is 102 Å². The first-order valence-corrected chi connectivity index (χ1v) is 5.17. The molecule has 0 aliphatic heterocycles. The molecule has 0 saturated heterocycles. The highest BCUT2D eigenvalue weighted by atomic mass is 16.6. The second kappa shape index (κ2) is 5.28.